The van der Waals surface area contributed by atoms with Crippen molar-refractivity contribution in [1.29, 1.82) is 0 Å². The van der Waals surface area contributed by atoms with E-state index in [1.54, 1.807) is 7.11 Å². The average molecular weight is 233 g/mol. The quantitative estimate of drug-likeness (QED) is 0.760. The van der Waals surface area contributed by atoms with Gasteiger partial charge in [-0.2, -0.15) is 0 Å². The summed E-state index contributed by atoms with van der Waals surface area (Å²) in [6.07, 6.45) is 0. The number of rotatable bonds is 3. The summed E-state index contributed by atoms with van der Waals surface area (Å²) in [5, 5.41) is 3.79. The molecule has 1 aromatic carbocycles. The maximum atomic E-state index is 11.2. The number of benzene rings is 1. The average Bonchev–Trinajstić information content (AvgIpc) is 2.87. The van der Waals surface area contributed by atoms with E-state index in [-0.39, 0.29) is 5.76 Å². The van der Waals surface area contributed by atoms with Crippen molar-refractivity contribution in [3.8, 4) is 17.0 Å². The van der Waals surface area contributed by atoms with Crippen LogP contribution < -0.4 is 4.74 Å². The van der Waals surface area contributed by atoms with Gasteiger partial charge in [0.05, 0.1) is 14.2 Å². The Morgan fingerprint density at radius 3 is 2.53 bits per heavy atom. The molecule has 0 radical (unpaired) electrons. The molecule has 1 aromatic heterocycles. The van der Waals surface area contributed by atoms with Crippen LogP contribution >= 0.6 is 0 Å². The molecule has 2 aromatic rings. The predicted octanol–water partition coefficient (Wildman–Crippen LogP) is 2.14. The van der Waals surface area contributed by atoms with Crippen molar-refractivity contribution in [2.45, 2.75) is 0 Å². The lowest BCUT2D eigenvalue weighted by atomic mass is 10.1. The number of carbonyl (C=O) groups is 1. The van der Waals surface area contributed by atoms with Crippen molar-refractivity contribution in [3.63, 3.8) is 0 Å². The van der Waals surface area contributed by atoms with Crippen LogP contribution in [-0.2, 0) is 4.74 Å². The van der Waals surface area contributed by atoms with E-state index < -0.39 is 5.97 Å². The second-order valence-corrected chi connectivity index (χ2v) is 3.30. The molecule has 2 rings (SSSR count). The van der Waals surface area contributed by atoms with Gasteiger partial charge >= 0.3 is 5.97 Å². The fourth-order valence-electron chi connectivity index (χ4n) is 1.37. The van der Waals surface area contributed by atoms with Crippen molar-refractivity contribution < 1.29 is 18.8 Å². The monoisotopic (exact) mass is 233 g/mol. The lowest BCUT2D eigenvalue weighted by Crippen LogP contribution is -1.98. The number of hydrogen-bond donors (Lipinski definition) is 0. The molecule has 5 heteroatoms. The molecule has 0 atom stereocenters. The minimum absolute atomic E-state index is 0.0818. The summed E-state index contributed by atoms with van der Waals surface area (Å²) in [6.45, 7) is 0. The SMILES string of the molecule is COC(=O)c1cc(-c2ccc(OC)cc2)no1. The highest BCUT2D eigenvalue weighted by atomic mass is 16.5. The molecule has 88 valence electrons. The number of nitrogens with zero attached hydrogens (tertiary/aromatic N) is 1. The third-order valence-corrected chi connectivity index (χ3v) is 2.28. The number of hydrogen-bond acceptors (Lipinski definition) is 5. The molecule has 0 spiro atoms. The summed E-state index contributed by atoms with van der Waals surface area (Å²) in [5.74, 6) is 0.293. The van der Waals surface area contributed by atoms with Crippen LogP contribution in [-0.4, -0.2) is 25.3 Å². The Kier molecular flexibility index (Phi) is 3.09. The Balaban J connectivity index is 2.27. The third-order valence-electron chi connectivity index (χ3n) is 2.28. The molecule has 0 aliphatic rings. The van der Waals surface area contributed by atoms with Gasteiger partial charge in [-0.1, -0.05) is 5.16 Å². The van der Waals surface area contributed by atoms with Crippen LogP contribution in [0.25, 0.3) is 11.3 Å². The topological polar surface area (TPSA) is 61.6 Å². The van der Waals surface area contributed by atoms with E-state index in [0.29, 0.717) is 5.69 Å². The van der Waals surface area contributed by atoms with Gasteiger partial charge in [-0.15, -0.1) is 0 Å². The fraction of sp³-hybridized carbons (Fsp3) is 0.167. The predicted molar refractivity (Wildman–Crippen MR) is 59.8 cm³/mol. The van der Waals surface area contributed by atoms with E-state index in [9.17, 15) is 4.79 Å². The minimum atomic E-state index is -0.544. The Morgan fingerprint density at radius 1 is 1.24 bits per heavy atom. The first kappa shape index (κ1) is 11.2. The summed E-state index contributed by atoms with van der Waals surface area (Å²) in [6, 6.07) is 8.81. The molecule has 0 unspecified atom stereocenters. The van der Waals surface area contributed by atoms with Crippen LogP contribution in [0.4, 0.5) is 0 Å². The summed E-state index contributed by atoms with van der Waals surface area (Å²) in [7, 11) is 2.89. The first-order valence-corrected chi connectivity index (χ1v) is 4.94. The lowest BCUT2D eigenvalue weighted by Gasteiger charge is -1.99. The summed E-state index contributed by atoms with van der Waals surface area (Å²) < 4.78 is 14.4. The van der Waals surface area contributed by atoms with E-state index in [2.05, 4.69) is 9.89 Å². The smallest absolute Gasteiger partial charge is 0.376 e. The molecular formula is C12H11NO4. The van der Waals surface area contributed by atoms with Gasteiger partial charge in [-0.3, -0.25) is 0 Å². The first-order chi connectivity index (χ1) is 8.24. The van der Waals surface area contributed by atoms with Gasteiger partial charge in [0.2, 0.25) is 5.76 Å². The second kappa shape index (κ2) is 4.69. The van der Waals surface area contributed by atoms with E-state index in [0.717, 1.165) is 11.3 Å². The first-order valence-electron chi connectivity index (χ1n) is 4.94. The van der Waals surface area contributed by atoms with E-state index in [1.165, 1.54) is 13.2 Å². The van der Waals surface area contributed by atoms with Crippen molar-refractivity contribution in [2.75, 3.05) is 14.2 Å². The zero-order chi connectivity index (χ0) is 12.3. The van der Waals surface area contributed by atoms with Crippen LogP contribution in [0.15, 0.2) is 34.9 Å². The number of ether oxygens (including phenoxy) is 2. The molecule has 17 heavy (non-hydrogen) atoms. The molecule has 0 aliphatic carbocycles. The van der Waals surface area contributed by atoms with Crippen molar-refractivity contribution in [3.05, 3.63) is 36.1 Å². The van der Waals surface area contributed by atoms with Crippen molar-refractivity contribution in [2.24, 2.45) is 0 Å². The van der Waals surface area contributed by atoms with Crippen LogP contribution in [0.3, 0.4) is 0 Å². The Morgan fingerprint density at radius 2 is 1.94 bits per heavy atom. The van der Waals surface area contributed by atoms with E-state index in [4.69, 9.17) is 9.26 Å². The van der Waals surface area contributed by atoms with Crippen LogP contribution in [0.5, 0.6) is 5.75 Å². The van der Waals surface area contributed by atoms with E-state index >= 15 is 0 Å². The van der Waals surface area contributed by atoms with Gasteiger partial charge in [0, 0.05) is 11.6 Å². The largest absolute Gasteiger partial charge is 0.497 e. The van der Waals surface area contributed by atoms with Gasteiger partial charge in [0.25, 0.3) is 0 Å². The maximum Gasteiger partial charge on any atom is 0.376 e. The molecule has 0 saturated carbocycles. The van der Waals surface area contributed by atoms with Crippen molar-refractivity contribution in [1.82, 2.24) is 5.16 Å². The van der Waals surface area contributed by atoms with Crippen LogP contribution in [0, 0.1) is 0 Å². The molecule has 0 amide bonds. The summed E-state index contributed by atoms with van der Waals surface area (Å²) >= 11 is 0. The van der Waals surface area contributed by atoms with Crippen LogP contribution in [0.2, 0.25) is 0 Å². The minimum Gasteiger partial charge on any atom is -0.497 e. The highest BCUT2D eigenvalue weighted by molar-refractivity contribution is 5.87. The third kappa shape index (κ3) is 2.28. The normalized spacial score (nSPS) is 10.0. The molecule has 1 heterocycles. The fourth-order valence-corrected chi connectivity index (χ4v) is 1.37. The number of aromatic nitrogens is 1. The second-order valence-electron chi connectivity index (χ2n) is 3.30. The summed E-state index contributed by atoms with van der Waals surface area (Å²) in [4.78, 5) is 11.2. The Hall–Kier alpha value is -2.30. The van der Waals surface area contributed by atoms with Gasteiger partial charge < -0.3 is 14.0 Å². The highest BCUT2D eigenvalue weighted by Gasteiger charge is 2.13. The molecule has 0 saturated heterocycles. The Labute approximate surface area is 97.9 Å². The lowest BCUT2D eigenvalue weighted by molar-refractivity contribution is 0.0554. The zero-order valence-electron chi connectivity index (χ0n) is 9.47. The standard InChI is InChI=1S/C12H11NO4/c1-15-9-5-3-8(4-6-9)10-7-11(17-13-10)12(14)16-2/h3-7H,1-2H3. The number of esters is 1. The van der Waals surface area contributed by atoms with E-state index in [1.807, 2.05) is 24.3 Å². The van der Waals surface area contributed by atoms with Gasteiger partial charge in [-0.25, -0.2) is 4.79 Å². The number of methoxy groups -OCH3 is 2. The molecule has 0 bridgehead atoms. The molecule has 0 fully saturated rings. The molecule has 0 N–H and O–H groups in total. The molecular weight excluding hydrogens is 222 g/mol. The maximum absolute atomic E-state index is 11.2. The molecule has 0 aliphatic heterocycles. The van der Waals surface area contributed by atoms with Crippen molar-refractivity contribution >= 4 is 5.97 Å². The van der Waals surface area contributed by atoms with Crippen LogP contribution in [0.1, 0.15) is 10.6 Å². The summed E-state index contributed by atoms with van der Waals surface area (Å²) in [5.41, 5.74) is 1.41. The number of carbonyl (C=O) groups excluding carboxylic acids is 1. The van der Waals surface area contributed by atoms with Gasteiger partial charge in [0.15, 0.2) is 0 Å². The highest BCUT2D eigenvalue weighted by Crippen LogP contribution is 2.22. The Bertz CT molecular complexity index is 516. The van der Waals surface area contributed by atoms with Gasteiger partial charge in [0.1, 0.15) is 11.4 Å². The molecule has 5 nitrogen and oxygen atoms in total. The zero-order valence-corrected chi connectivity index (χ0v) is 9.47. The van der Waals surface area contributed by atoms with Gasteiger partial charge in [-0.05, 0) is 24.3 Å².